The van der Waals surface area contributed by atoms with Crippen LogP contribution in [0.5, 0.6) is 5.88 Å². The Morgan fingerprint density at radius 3 is 2.76 bits per heavy atom. The largest absolute Gasteiger partial charge is 0.469 e. The van der Waals surface area contributed by atoms with Crippen molar-refractivity contribution in [1.82, 2.24) is 4.98 Å². The highest BCUT2D eigenvalue weighted by atomic mass is 16.5. The van der Waals surface area contributed by atoms with E-state index in [1.807, 2.05) is 48.7 Å². The number of ether oxygens (including phenoxy) is 1. The summed E-state index contributed by atoms with van der Waals surface area (Å²) in [6.45, 7) is 0.401. The summed E-state index contributed by atoms with van der Waals surface area (Å²) in [4.78, 5) is 4.24. The summed E-state index contributed by atoms with van der Waals surface area (Å²) in [5.74, 6) is 1.40. The Balaban J connectivity index is 1.81. The van der Waals surface area contributed by atoms with E-state index in [1.165, 1.54) is 0 Å². The molecule has 0 aliphatic carbocycles. The maximum atomic E-state index is 5.55. The first-order valence-corrected chi connectivity index (χ1v) is 5.42. The monoisotopic (exact) mass is 225 g/mol. The number of hydrogen-bond acceptors (Lipinski definition) is 3. The third-order valence-corrected chi connectivity index (χ3v) is 2.55. The first-order chi connectivity index (χ1) is 8.42. The summed E-state index contributed by atoms with van der Waals surface area (Å²) in [6.07, 6.45) is 3.44. The van der Waals surface area contributed by atoms with Crippen molar-refractivity contribution in [2.24, 2.45) is 0 Å². The molecular weight excluding hydrogens is 214 g/mol. The van der Waals surface area contributed by atoms with Gasteiger partial charge in [-0.2, -0.15) is 0 Å². The van der Waals surface area contributed by atoms with Crippen LogP contribution in [0.2, 0.25) is 0 Å². The van der Waals surface area contributed by atoms with Crippen LogP contribution in [0.3, 0.4) is 0 Å². The van der Waals surface area contributed by atoms with Crippen molar-refractivity contribution in [3.05, 3.63) is 60.7 Å². The second kappa shape index (κ2) is 4.29. The molecule has 0 unspecified atom stereocenters. The summed E-state index contributed by atoms with van der Waals surface area (Å²) in [5, 5.41) is 2.23. The summed E-state index contributed by atoms with van der Waals surface area (Å²) >= 11 is 0. The number of pyridine rings is 1. The molecular formula is C14H11NO2. The normalized spacial score (nSPS) is 10.6. The highest BCUT2D eigenvalue weighted by molar-refractivity contribution is 5.82. The van der Waals surface area contributed by atoms with Gasteiger partial charge < -0.3 is 9.15 Å². The molecule has 0 amide bonds. The second-order valence-corrected chi connectivity index (χ2v) is 3.74. The topological polar surface area (TPSA) is 35.3 Å². The molecule has 3 rings (SSSR count). The standard InChI is InChI=1S/C14H11NO2/c1-2-5-12-9-15-14(8-11(12)4-1)17-10-13-6-3-7-16-13/h1-9H,10H2. The van der Waals surface area contributed by atoms with Crippen LogP contribution in [-0.4, -0.2) is 4.98 Å². The van der Waals surface area contributed by atoms with Gasteiger partial charge in [0.1, 0.15) is 12.4 Å². The van der Waals surface area contributed by atoms with E-state index in [0.717, 1.165) is 16.5 Å². The molecule has 0 spiro atoms. The van der Waals surface area contributed by atoms with Gasteiger partial charge in [0.05, 0.1) is 6.26 Å². The zero-order valence-corrected chi connectivity index (χ0v) is 9.17. The minimum absolute atomic E-state index is 0.401. The third kappa shape index (κ3) is 2.13. The van der Waals surface area contributed by atoms with Gasteiger partial charge in [0.15, 0.2) is 0 Å². The molecule has 0 saturated carbocycles. The minimum atomic E-state index is 0.401. The van der Waals surface area contributed by atoms with E-state index in [4.69, 9.17) is 9.15 Å². The number of hydrogen-bond donors (Lipinski definition) is 0. The van der Waals surface area contributed by atoms with Gasteiger partial charge in [-0.3, -0.25) is 0 Å². The van der Waals surface area contributed by atoms with Gasteiger partial charge in [0, 0.05) is 17.6 Å². The molecule has 0 aliphatic rings. The molecule has 3 nitrogen and oxygen atoms in total. The number of fused-ring (bicyclic) bond motifs is 1. The van der Waals surface area contributed by atoms with Crippen molar-refractivity contribution in [3.63, 3.8) is 0 Å². The molecule has 2 heterocycles. The lowest BCUT2D eigenvalue weighted by Gasteiger charge is -2.04. The number of furan rings is 1. The van der Waals surface area contributed by atoms with Crippen molar-refractivity contribution < 1.29 is 9.15 Å². The molecule has 0 aliphatic heterocycles. The molecule has 0 saturated heterocycles. The zero-order chi connectivity index (χ0) is 11.5. The Bertz CT molecular complexity index is 617. The Morgan fingerprint density at radius 1 is 1.06 bits per heavy atom. The fraction of sp³-hybridized carbons (Fsp3) is 0.0714. The Hall–Kier alpha value is -2.29. The van der Waals surface area contributed by atoms with Crippen molar-refractivity contribution in [1.29, 1.82) is 0 Å². The van der Waals surface area contributed by atoms with Crippen molar-refractivity contribution in [2.75, 3.05) is 0 Å². The molecule has 2 aromatic heterocycles. The van der Waals surface area contributed by atoms with Gasteiger partial charge in [0.25, 0.3) is 0 Å². The van der Waals surface area contributed by atoms with Crippen LogP contribution in [-0.2, 0) is 6.61 Å². The number of aromatic nitrogens is 1. The van der Waals surface area contributed by atoms with Crippen LogP contribution in [0.25, 0.3) is 10.8 Å². The molecule has 0 N–H and O–H groups in total. The third-order valence-electron chi connectivity index (χ3n) is 2.55. The van der Waals surface area contributed by atoms with Crippen LogP contribution in [0, 0.1) is 0 Å². The summed E-state index contributed by atoms with van der Waals surface area (Å²) in [6, 6.07) is 13.7. The molecule has 3 heteroatoms. The van der Waals surface area contributed by atoms with E-state index in [0.29, 0.717) is 12.5 Å². The van der Waals surface area contributed by atoms with Crippen LogP contribution in [0.4, 0.5) is 0 Å². The summed E-state index contributed by atoms with van der Waals surface area (Å²) < 4.78 is 10.7. The van der Waals surface area contributed by atoms with Crippen molar-refractivity contribution in [3.8, 4) is 5.88 Å². The average Bonchev–Trinajstić information content (AvgIpc) is 2.89. The van der Waals surface area contributed by atoms with Crippen LogP contribution >= 0.6 is 0 Å². The van der Waals surface area contributed by atoms with Crippen molar-refractivity contribution in [2.45, 2.75) is 6.61 Å². The highest BCUT2D eigenvalue weighted by Gasteiger charge is 2.00. The molecule has 17 heavy (non-hydrogen) atoms. The van der Waals surface area contributed by atoms with E-state index >= 15 is 0 Å². The smallest absolute Gasteiger partial charge is 0.214 e. The Kier molecular flexibility index (Phi) is 2.50. The average molecular weight is 225 g/mol. The van der Waals surface area contributed by atoms with Gasteiger partial charge in [-0.05, 0) is 17.5 Å². The molecule has 0 radical (unpaired) electrons. The van der Waals surface area contributed by atoms with E-state index in [2.05, 4.69) is 4.98 Å². The predicted octanol–water partition coefficient (Wildman–Crippen LogP) is 3.41. The van der Waals surface area contributed by atoms with Gasteiger partial charge in [0.2, 0.25) is 5.88 Å². The van der Waals surface area contributed by atoms with Gasteiger partial charge in [-0.15, -0.1) is 0 Å². The molecule has 0 atom stereocenters. The molecule has 1 aromatic carbocycles. The van der Waals surface area contributed by atoms with Crippen molar-refractivity contribution >= 4 is 10.8 Å². The maximum Gasteiger partial charge on any atom is 0.214 e. The van der Waals surface area contributed by atoms with E-state index in [1.54, 1.807) is 6.26 Å². The fourth-order valence-electron chi connectivity index (χ4n) is 1.68. The lowest BCUT2D eigenvalue weighted by atomic mass is 10.2. The number of rotatable bonds is 3. The quantitative estimate of drug-likeness (QED) is 0.685. The van der Waals surface area contributed by atoms with Crippen LogP contribution < -0.4 is 4.74 Å². The highest BCUT2D eigenvalue weighted by Crippen LogP contribution is 2.18. The number of nitrogens with zero attached hydrogens (tertiary/aromatic N) is 1. The van der Waals surface area contributed by atoms with E-state index in [9.17, 15) is 0 Å². The zero-order valence-electron chi connectivity index (χ0n) is 9.17. The fourth-order valence-corrected chi connectivity index (χ4v) is 1.68. The Labute approximate surface area is 98.7 Å². The predicted molar refractivity (Wildman–Crippen MR) is 64.8 cm³/mol. The van der Waals surface area contributed by atoms with E-state index in [-0.39, 0.29) is 0 Å². The summed E-state index contributed by atoms with van der Waals surface area (Å²) in [7, 11) is 0. The minimum Gasteiger partial charge on any atom is -0.469 e. The number of benzene rings is 1. The SMILES string of the molecule is c1coc(COc2cc3ccccc3cn2)c1. The first kappa shape index (κ1) is 9.90. The maximum absolute atomic E-state index is 5.55. The lowest BCUT2D eigenvalue weighted by molar-refractivity contribution is 0.261. The Morgan fingerprint density at radius 2 is 1.94 bits per heavy atom. The van der Waals surface area contributed by atoms with Gasteiger partial charge in [-0.1, -0.05) is 24.3 Å². The lowest BCUT2D eigenvalue weighted by Crippen LogP contribution is -1.95. The van der Waals surface area contributed by atoms with Crippen LogP contribution in [0.15, 0.2) is 59.3 Å². The first-order valence-electron chi connectivity index (χ1n) is 5.42. The van der Waals surface area contributed by atoms with Gasteiger partial charge in [-0.25, -0.2) is 4.98 Å². The molecule has 0 bridgehead atoms. The van der Waals surface area contributed by atoms with E-state index < -0.39 is 0 Å². The summed E-state index contributed by atoms with van der Waals surface area (Å²) in [5.41, 5.74) is 0. The molecule has 3 aromatic rings. The van der Waals surface area contributed by atoms with Crippen LogP contribution in [0.1, 0.15) is 5.76 Å². The molecule has 84 valence electrons. The van der Waals surface area contributed by atoms with Gasteiger partial charge >= 0.3 is 0 Å². The second-order valence-electron chi connectivity index (χ2n) is 3.74. The molecule has 0 fully saturated rings.